The van der Waals surface area contributed by atoms with Crippen molar-refractivity contribution < 1.29 is 0 Å². The van der Waals surface area contributed by atoms with Crippen molar-refractivity contribution in [2.24, 2.45) is 0 Å². The Hall–Kier alpha value is 0.354. The van der Waals surface area contributed by atoms with Gasteiger partial charge in [-0.25, -0.2) is 0 Å². The molecule has 0 aromatic carbocycles. The highest BCUT2D eigenvalue weighted by atomic mass is 28.3. The lowest BCUT2D eigenvalue weighted by molar-refractivity contribution is 0.680. The Bertz CT molecular complexity index is 186. The number of nitrogens with one attached hydrogen (secondary N) is 2. The Kier molecular flexibility index (Phi) is 11.2. The van der Waals surface area contributed by atoms with E-state index in [9.17, 15) is 0 Å². The van der Waals surface area contributed by atoms with Crippen LogP contribution in [-0.2, 0) is 0 Å². The first-order valence-electron chi connectivity index (χ1n) is 9.07. The molecule has 122 valence electrons. The highest BCUT2D eigenvalue weighted by Gasteiger charge is 2.26. The SMILES string of the molecule is CC[Si](CC)(CC)NCCCCN[Si](CC)(CC)CC. The van der Waals surface area contributed by atoms with Crippen molar-refractivity contribution in [1.29, 1.82) is 0 Å². The Morgan fingerprint density at radius 1 is 0.500 bits per heavy atom. The van der Waals surface area contributed by atoms with E-state index in [0.29, 0.717) is 0 Å². The van der Waals surface area contributed by atoms with E-state index < -0.39 is 16.5 Å². The van der Waals surface area contributed by atoms with Crippen LogP contribution in [0.1, 0.15) is 54.4 Å². The minimum Gasteiger partial charge on any atom is -0.337 e. The molecular weight excluding hydrogens is 276 g/mol. The predicted molar refractivity (Wildman–Crippen MR) is 99.6 cm³/mol. The van der Waals surface area contributed by atoms with Gasteiger partial charge in [-0.15, -0.1) is 0 Å². The van der Waals surface area contributed by atoms with E-state index >= 15 is 0 Å². The maximum Gasteiger partial charge on any atom is 0.124 e. The fraction of sp³-hybridized carbons (Fsp3) is 1.00. The van der Waals surface area contributed by atoms with E-state index in [2.05, 4.69) is 51.5 Å². The molecular formula is C16H40N2Si2. The van der Waals surface area contributed by atoms with Crippen LogP contribution < -0.4 is 9.96 Å². The lowest BCUT2D eigenvalue weighted by Crippen LogP contribution is -2.50. The molecule has 0 amide bonds. The largest absolute Gasteiger partial charge is 0.337 e. The average Bonchev–Trinajstić information content (AvgIpc) is 2.52. The Morgan fingerprint density at radius 2 is 0.750 bits per heavy atom. The van der Waals surface area contributed by atoms with E-state index in [4.69, 9.17) is 0 Å². The second-order valence-corrected chi connectivity index (χ2v) is 16.3. The van der Waals surface area contributed by atoms with E-state index in [1.165, 1.54) is 62.2 Å². The van der Waals surface area contributed by atoms with Crippen LogP contribution in [-0.4, -0.2) is 29.6 Å². The van der Waals surface area contributed by atoms with Crippen LogP contribution in [0, 0.1) is 0 Å². The molecule has 0 spiro atoms. The van der Waals surface area contributed by atoms with Gasteiger partial charge in [0.1, 0.15) is 16.5 Å². The first kappa shape index (κ1) is 20.4. The molecule has 0 rings (SSSR count). The Labute approximate surface area is 130 Å². The number of rotatable bonds is 13. The lowest BCUT2D eigenvalue weighted by Gasteiger charge is -2.30. The molecule has 0 aliphatic rings. The topological polar surface area (TPSA) is 24.1 Å². The van der Waals surface area contributed by atoms with Gasteiger partial charge in [0, 0.05) is 0 Å². The molecule has 0 bridgehead atoms. The third-order valence-corrected chi connectivity index (χ3v) is 15.8. The van der Waals surface area contributed by atoms with Gasteiger partial charge in [0.2, 0.25) is 0 Å². The molecule has 0 aliphatic carbocycles. The molecule has 0 atom stereocenters. The van der Waals surface area contributed by atoms with Gasteiger partial charge in [0.15, 0.2) is 0 Å². The van der Waals surface area contributed by atoms with Crippen LogP contribution in [0.2, 0.25) is 36.3 Å². The summed E-state index contributed by atoms with van der Waals surface area (Å²) >= 11 is 0. The van der Waals surface area contributed by atoms with Gasteiger partial charge in [-0.3, -0.25) is 0 Å². The molecule has 20 heavy (non-hydrogen) atoms. The molecule has 0 fully saturated rings. The molecule has 0 aromatic heterocycles. The van der Waals surface area contributed by atoms with E-state index in [0.717, 1.165) is 0 Å². The second kappa shape index (κ2) is 11.0. The van der Waals surface area contributed by atoms with Crippen LogP contribution >= 0.6 is 0 Å². The average molecular weight is 317 g/mol. The highest BCUT2D eigenvalue weighted by molar-refractivity contribution is 6.77. The summed E-state index contributed by atoms with van der Waals surface area (Å²) in [6, 6.07) is 8.31. The molecule has 0 aliphatic heterocycles. The fourth-order valence-electron chi connectivity index (χ4n) is 3.21. The van der Waals surface area contributed by atoms with Gasteiger partial charge in [-0.05, 0) is 62.2 Å². The van der Waals surface area contributed by atoms with Crippen LogP contribution in [0.15, 0.2) is 0 Å². The van der Waals surface area contributed by atoms with Crippen LogP contribution in [0.3, 0.4) is 0 Å². The maximum atomic E-state index is 3.94. The number of unbranched alkanes of at least 4 members (excludes halogenated alkanes) is 1. The minimum atomic E-state index is -1.10. The molecule has 0 saturated heterocycles. The molecule has 2 N–H and O–H groups in total. The fourth-order valence-corrected chi connectivity index (χ4v) is 9.12. The zero-order chi connectivity index (χ0) is 15.5. The van der Waals surface area contributed by atoms with Crippen LogP contribution in [0.4, 0.5) is 0 Å². The molecule has 0 radical (unpaired) electrons. The second-order valence-electron chi connectivity index (χ2n) is 6.24. The van der Waals surface area contributed by atoms with Crippen molar-refractivity contribution >= 4 is 16.5 Å². The Morgan fingerprint density at radius 3 is 0.950 bits per heavy atom. The first-order chi connectivity index (χ1) is 9.57. The summed E-state index contributed by atoms with van der Waals surface area (Å²) in [5.41, 5.74) is 0. The van der Waals surface area contributed by atoms with Crippen LogP contribution in [0.5, 0.6) is 0 Å². The van der Waals surface area contributed by atoms with Crippen molar-refractivity contribution in [1.82, 2.24) is 9.96 Å². The zero-order valence-electron chi connectivity index (χ0n) is 15.1. The normalized spacial score (nSPS) is 12.9. The van der Waals surface area contributed by atoms with Gasteiger partial charge in [-0.2, -0.15) is 0 Å². The van der Waals surface area contributed by atoms with Gasteiger partial charge in [-0.1, -0.05) is 41.5 Å². The summed E-state index contributed by atoms with van der Waals surface area (Å²) in [5.74, 6) is 0. The van der Waals surface area contributed by atoms with Crippen molar-refractivity contribution in [3.8, 4) is 0 Å². The molecule has 4 heteroatoms. The van der Waals surface area contributed by atoms with Crippen LogP contribution in [0.25, 0.3) is 0 Å². The summed E-state index contributed by atoms with van der Waals surface area (Å²) in [6.07, 6.45) is 2.67. The maximum absolute atomic E-state index is 3.94. The van der Waals surface area contributed by atoms with Gasteiger partial charge in [0.25, 0.3) is 0 Å². The molecule has 2 nitrogen and oxygen atoms in total. The Balaban J connectivity index is 3.87. The highest BCUT2D eigenvalue weighted by Crippen LogP contribution is 2.17. The predicted octanol–water partition coefficient (Wildman–Crippen LogP) is 4.96. The third-order valence-electron chi connectivity index (χ3n) is 5.66. The van der Waals surface area contributed by atoms with Gasteiger partial charge in [0.05, 0.1) is 0 Å². The van der Waals surface area contributed by atoms with Crippen molar-refractivity contribution in [3.63, 3.8) is 0 Å². The first-order valence-corrected chi connectivity index (χ1v) is 14.3. The summed E-state index contributed by atoms with van der Waals surface area (Å²) in [7, 11) is -2.19. The van der Waals surface area contributed by atoms with Gasteiger partial charge >= 0.3 is 0 Å². The molecule has 0 unspecified atom stereocenters. The van der Waals surface area contributed by atoms with E-state index in [1.807, 2.05) is 0 Å². The summed E-state index contributed by atoms with van der Waals surface area (Å²) in [4.78, 5) is 7.89. The quantitative estimate of drug-likeness (QED) is 0.371. The smallest absolute Gasteiger partial charge is 0.124 e. The van der Waals surface area contributed by atoms with Crippen molar-refractivity contribution in [2.45, 2.75) is 90.6 Å². The van der Waals surface area contributed by atoms with Crippen molar-refractivity contribution in [3.05, 3.63) is 0 Å². The zero-order valence-corrected chi connectivity index (χ0v) is 17.1. The summed E-state index contributed by atoms with van der Waals surface area (Å²) in [6.45, 7) is 16.7. The monoisotopic (exact) mass is 316 g/mol. The van der Waals surface area contributed by atoms with Gasteiger partial charge < -0.3 is 9.96 Å². The van der Waals surface area contributed by atoms with E-state index in [-0.39, 0.29) is 0 Å². The minimum absolute atomic E-state index is 1.10. The number of hydrogen-bond acceptors (Lipinski definition) is 2. The molecule has 0 aromatic rings. The van der Waals surface area contributed by atoms with E-state index in [1.54, 1.807) is 0 Å². The lowest BCUT2D eigenvalue weighted by atomic mass is 10.3. The third kappa shape index (κ3) is 6.41. The number of hydrogen-bond donors (Lipinski definition) is 2. The molecule has 0 saturated carbocycles. The summed E-state index contributed by atoms with van der Waals surface area (Å²) < 4.78 is 0. The molecule has 0 heterocycles. The summed E-state index contributed by atoms with van der Waals surface area (Å²) in [5, 5.41) is 0. The standard InChI is InChI=1S/C16H40N2Si2/c1-7-19(8-2,9-3)17-15-13-14-16-18-20(10-4,11-5)12-6/h17-18H,7-16H2,1-6H3. The van der Waals surface area contributed by atoms with Crippen molar-refractivity contribution in [2.75, 3.05) is 13.1 Å².